The number of hydrogen-bond donors (Lipinski definition) is 2. The third-order valence-corrected chi connectivity index (χ3v) is 1.95. The zero-order chi connectivity index (χ0) is 7.72. The molecule has 3 nitrogen and oxygen atoms in total. The maximum absolute atomic E-state index is 9.19. The average Bonchev–Trinajstić information content (AvgIpc) is 1.82. The van der Waals surface area contributed by atoms with Gasteiger partial charge in [0.2, 0.25) is 0 Å². The van der Waals surface area contributed by atoms with Crippen LogP contribution in [0.4, 0.5) is 0 Å². The maximum Gasteiger partial charge on any atom is 0.181 e. The van der Waals surface area contributed by atoms with E-state index >= 15 is 0 Å². The standard InChI is InChI=1S/C7H14O3/c1-4-3-5(2)10-7(9)6(4)8/h4-9H,3H2,1-2H3/t4?,5-,6+,7-/m1/s1. The van der Waals surface area contributed by atoms with Crippen molar-refractivity contribution in [3.63, 3.8) is 0 Å². The molecule has 0 radical (unpaired) electrons. The Labute approximate surface area is 60.6 Å². The predicted molar refractivity (Wildman–Crippen MR) is 36.3 cm³/mol. The van der Waals surface area contributed by atoms with Gasteiger partial charge in [0.1, 0.15) is 6.10 Å². The molecule has 1 saturated heterocycles. The van der Waals surface area contributed by atoms with E-state index in [1.807, 2.05) is 13.8 Å². The molecule has 2 N–H and O–H groups in total. The molecule has 0 aromatic rings. The van der Waals surface area contributed by atoms with Crippen LogP contribution in [0.2, 0.25) is 0 Å². The van der Waals surface area contributed by atoms with Crippen molar-refractivity contribution in [1.29, 1.82) is 0 Å². The van der Waals surface area contributed by atoms with Crippen molar-refractivity contribution < 1.29 is 14.9 Å². The lowest BCUT2D eigenvalue weighted by molar-refractivity contribution is -0.227. The van der Waals surface area contributed by atoms with Crippen LogP contribution in [0.1, 0.15) is 20.3 Å². The summed E-state index contributed by atoms with van der Waals surface area (Å²) in [6, 6.07) is 0. The first-order valence-electron chi connectivity index (χ1n) is 3.63. The molecule has 3 heteroatoms. The summed E-state index contributed by atoms with van der Waals surface area (Å²) in [5.41, 5.74) is 0. The molecule has 1 rings (SSSR count). The van der Waals surface area contributed by atoms with Gasteiger partial charge in [0.25, 0.3) is 0 Å². The van der Waals surface area contributed by atoms with Gasteiger partial charge in [0, 0.05) is 0 Å². The SMILES string of the molecule is CC1C[C@@H](C)O[C@@H](O)[C@H]1O. The monoisotopic (exact) mass is 146 g/mol. The first kappa shape index (κ1) is 7.98. The number of ether oxygens (including phenoxy) is 1. The van der Waals surface area contributed by atoms with Gasteiger partial charge in [-0.15, -0.1) is 0 Å². The maximum atomic E-state index is 9.19. The van der Waals surface area contributed by atoms with Crippen LogP contribution in [0.3, 0.4) is 0 Å². The molecule has 0 aliphatic carbocycles. The second-order valence-corrected chi connectivity index (χ2v) is 3.04. The summed E-state index contributed by atoms with van der Waals surface area (Å²) in [4.78, 5) is 0. The zero-order valence-corrected chi connectivity index (χ0v) is 6.32. The minimum absolute atomic E-state index is 0.0633. The van der Waals surface area contributed by atoms with E-state index in [0.717, 1.165) is 6.42 Å². The van der Waals surface area contributed by atoms with Crippen molar-refractivity contribution in [2.75, 3.05) is 0 Å². The van der Waals surface area contributed by atoms with Crippen LogP contribution in [0.15, 0.2) is 0 Å². The highest BCUT2D eigenvalue weighted by Crippen LogP contribution is 2.23. The van der Waals surface area contributed by atoms with E-state index in [2.05, 4.69) is 0 Å². The molecule has 1 heterocycles. The third-order valence-electron chi connectivity index (χ3n) is 1.95. The minimum Gasteiger partial charge on any atom is -0.388 e. The number of aliphatic hydroxyl groups excluding tert-OH is 2. The fourth-order valence-corrected chi connectivity index (χ4v) is 1.32. The van der Waals surface area contributed by atoms with Crippen LogP contribution in [0, 0.1) is 5.92 Å². The van der Waals surface area contributed by atoms with E-state index in [1.165, 1.54) is 0 Å². The van der Waals surface area contributed by atoms with Crippen LogP contribution < -0.4 is 0 Å². The topological polar surface area (TPSA) is 49.7 Å². The Kier molecular flexibility index (Phi) is 2.28. The van der Waals surface area contributed by atoms with Gasteiger partial charge in [-0.1, -0.05) is 6.92 Å². The Morgan fingerprint density at radius 1 is 1.30 bits per heavy atom. The summed E-state index contributed by atoms with van der Waals surface area (Å²) in [7, 11) is 0. The molecular formula is C7H14O3. The summed E-state index contributed by atoms with van der Waals surface area (Å²) in [6.07, 6.45) is -0.818. The van der Waals surface area contributed by atoms with Gasteiger partial charge in [-0.05, 0) is 19.3 Å². The second-order valence-electron chi connectivity index (χ2n) is 3.04. The highest BCUT2D eigenvalue weighted by Gasteiger charge is 2.31. The van der Waals surface area contributed by atoms with Gasteiger partial charge >= 0.3 is 0 Å². The van der Waals surface area contributed by atoms with Crippen LogP contribution in [0.5, 0.6) is 0 Å². The van der Waals surface area contributed by atoms with Crippen LogP contribution >= 0.6 is 0 Å². The van der Waals surface area contributed by atoms with Crippen molar-refractivity contribution in [3.8, 4) is 0 Å². The molecule has 1 fully saturated rings. The van der Waals surface area contributed by atoms with Gasteiger partial charge in [-0.2, -0.15) is 0 Å². The highest BCUT2D eigenvalue weighted by molar-refractivity contribution is 4.75. The van der Waals surface area contributed by atoms with Crippen LogP contribution in [-0.2, 0) is 4.74 Å². The fourth-order valence-electron chi connectivity index (χ4n) is 1.32. The molecule has 0 spiro atoms. The van der Waals surface area contributed by atoms with E-state index in [4.69, 9.17) is 9.84 Å². The van der Waals surface area contributed by atoms with Crippen molar-refractivity contribution >= 4 is 0 Å². The smallest absolute Gasteiger partial charge is 0.181 e. The van der Waals surface area contributed by atoms with Crippen molar-refractivity contribution in [2.24, 2.45) is 5.92 Å². The molecule has 0 aromatic heterocycles. The van der Waals surface area contributed by atoms with E-state index in [-0.39, 0.29) is 12.0 Å². The Balaban J connectivity index is 2.49. The molecule has 10 heavy (non-hydrogen) atoms. The summed E-state index contributed by atoms with van der Waals surface area (Å²) in [5, 5.41) is 18.2. The Morgan fingerprint density at radius 3 is 2.40 bits per heavy atom. The lowest BCUT2D eigenvalue weighted by Gasteiger charge is -2.33. The molecular weight excluding hydrogens is 132 g/mol. The fraction of sp³-hybridized carbons (Fsp3) is 1.00. The van der Waals surface area contributed by atoms with Gasteiger partial charge in [0.15, 0.2) is 6.29 Å². The third kappa shape index (κ3) is 1.48. The molecule has 1 aliphatic rings. The van der Waals surface area contributed by atoms with Crippen LogP contribution in [0.25, 0.3) is 0 Å². The summed E-state index contributed by atoms with van der Waals surface area (Å²) < 4.78 is 4.97. The van der Waals surface area contributed by atoms with Crippen LogP contribution in [-0.4, -0.2) is 28.7 Å². The zero-order valence-electron chi connectivity index (χ0n) is 6.32. The summed E-state index contributed by atoms with van der Waals surface area (Å²) in [5.74, 6) is 0.138. The number of rotatable bonds is 0. The van der Waals surface area contributed by atoms with Crippen molar-refractivity contribution in [2.45, 2.75) is 38.8 Å². The summed E-state index contributed by atoms with van der Waals surface area (Å²) >= 11 is 0. The van der Waals surface area contributed by atoms with Gasteiger partial charge < -0.3 is 14.9 Å². The lowest BCUT2D eigenvalue weighted by Crippen LogP contribution is -2.42. The molecule has 60 valence electrons. The van der Waals surface area contributed by atoms with E-state index in [1.54, 1.807) is 0 Å². The molecule has 1 aliphatic heterocycles. The van der Waals surface area contributed by atoms with E-state index in [9.17, 15) is 5.11 Å². The highest BCUT2D eigenvalue weighted by atomic mass is 16.6. The molecule has 0 aromatic carbocycles. The van der Waals surface area contributed by atoms with E-state index < -0.39 is 12.4 Å². The van der Waals surface area contributed by atoms with Gasteiger partial charge in [0.05, 0.1) is 6.10 Å². The minimum atomic E-state index is -0.987. The normalized spacial score (nSPS) is 49.2. The van der Waals surface area contributed by atoms with Crippen molar-refractivity contribution in [1.82, 2.24) is 0 Å². The second kappa shape index (κ2) is 2.86. The Bertz CT molecular complexity index is 103. The molecule has 1 unspecified atom stereocenters. The molecule has 0 saturated carbocycles. The largest absolute Gasteiger partial charge is 0.388 e. The Hall–Kier alpha value is -0.120. The predicted octanol–water partition coefficient (Wildman–Crippen LogP) is 0.111. The quantitative estimate of drug-likeness (QED) is 0.510. The van der Waals surface area contributed by atoms with Gasteiger partial charge in [-0.25, -0.2) is 0 Å². The lowest BCUT2D eigenvalue weighted by atomic mass is 9.95. The first-order chi connectivity index (χ1) is 4.61. The first-order valence-corrected chi connectivity index (χ1v) is 3.63. The van der Waals surface area contributed by atoms with E-state index in [0.29, 0.717) is 0 Å². The Morgan fingerprint density at radius 2 is 1.90 bits per heavy atom. The molecule has 0 bridgehead atoms. The molecule has 0 amide bonds. The average molecular weight is 146 g/mol. The number of hydrogen-bond acceptors (Lipinski definition) is 3. The van der Waals surface area contributed by atoms with Gasteiger partial charge in [-0.3, -0.25) is 0 Å². The van der Waals surface area contributed by atoms with Crippen molar-refractivity contribution in [3.05, 3.63) is 0 Å². The number of aliphatic hydroxyl groups is 2. The molecule has 4 atom stereocenters. The summed E-state index contributed by atoms with van der Waals surface area (Å²) in [6.45, 7) is 3.80.